The molecule has 0 saturated carbocycles. The van der Waals surface area contributed by atoms with Crippen LogP contribution in [0.5, 0.6) is 0 Å². The van der Waals surface area contributed by atoms with Crippen molar-refractivity contribution in [1.82, 2.24) is 0 Å². The van der Waals surface area contributed by atoms with Crippen LogP contribution in [0.2, 0.25) is 13.1 Å². The summed E-state index contributed by atoms with van der Waals surface area (Å²) in [5.41, 5.74) is 1.93. The van der Waals surface area contributed by atoms with Crippen molar-refractivity contribution in [3.05, 3.63) is 54.3 Å². The van der Waals surface area contributed by atoms with Crippen molar-refractivity contribution in [3.8, 4) is 11.1 Å². The second-order valence-electron chi connectivity index (χ2n) is 4.80. The molecule has 0 aliphatic heterocycles. The molecule has 0 fully saturated rings. The smallest absolute Gasteiger partial charge is 0.217 e. The molecule has 0 N–H and O–H groups in total. The molecule has 1 nitrogen and oxygen atoms in total. The predicted octanol–water partition coefficient (Wildman–Crippen LogP) is 3.55. The molecule has 0 aliphatic rings. The van der Waals surface area contributed by atoms with Gasteiger partial charge in [-0.25, -0.2) is 4.39 Å². The predicted molar refractivity (Wildman–Crippen MR) is 76.0 cm³/mol. The summed E-state index contributed by atoms with van der Waals surface area (Å²) in [6.45, 7) is 4.31. The van der Waals surface area contributed by atoms with Crippen LogP contribution >= 0.6 is 0 Å². The molecule has 0 unspecified atom stereocenters. The zero-order valence-corrected chi connectivity index (χ0v) is 11.9. The van der Waals surface area contributed by atoms with Gasteiger partial charge in [-0.3, -0.25) is 0 Å². The Morgan fingerprint density at radius 2 is 1.61 bits per heavy atom. The molecular weight excluding hydrogens is 243 g/mol. The third-order valence-corrected chi connectivity index (χ3v) is 5.99. The van der Waals surface area contributed by atoms with Gasteiger partial charge in [-0.2, -0.15) is 0 Å². The van der Waals surface area contributed by atoms with E-state index in [1.807, 2.05) is 18.2 Å². The number of halogens is 1. The first-order valence-corrected chi connectivity index (χ1v) is 8.85. The first-order valence-electron chi connectivity index (χ1n) is 5.94. The molecule has 2 rings (SSSR count). The van der Waals surface area contributed by atoms with Gasteiger partial charge in [0.1, 0.15) is 5.82 Å². The van der Waals surface area contributed by atoms with E-state index in [0.717, 1.165) is 11.1 Å². The Hall–Kier alpha value is -1.45. The van der Waals surface area contributed by atoms with Crippen molar-refractivity contribution in [2.24, 2.45) is 0 Å². The third kappa shape index (κ3) is 2.68. The van der Waals surface area contributed by atoms with E-state index in [1.54, 1.807) is 19.2 Å². The van der Waals surface area contributed by atoms with Crippen LogP contribution in [0.15, 0.2) is 48.5 Å². The molecule has 0 bridgehead atoms. The Kier molecular flexibility index (Phi) is 3.64. The van der Waals surface area contributed by atoms with Crippen molar-refractivity contribution < 1.29 is 8.82 Å². The monoisotopic (exact) mass is 260 g/mol. The van der Waals surface area contributed by atoms with Crippen LogP contribution in [0, 0.1) is 5.82 Å². The van der Waals surface area contributed by atoms with E-state index in [-0.39, 0.29) is 5.82 Å². The lowest BCUT2D eigenvalue weighted by Crippen LogP contribution is -2.43. The Balaban J connectivity index is 2.33. The highest BCUT2D eigenvalue weighted by Gasteiger charge is 2.23. The number of benzene rings is 2. The topological polar surface area (TPSA) is 9.23 Å². The summed E-state index contributed by atoms with van der Waals surface area (Å²) in [6.07, 6.45) is 0. The molecule has 0 heterocycles. The van der Waals surface area contributed by atoms with Crippen molar-refractivity contribution in [2.75, 3.05) is 7.11 Å². The maximum Gasteiger partial charge on any atom is 0.217 e. The molecule has 0 aromatic heterocycles. The highest BCUT2D eigenvalue weighted by atomic mass is 28.4. The maximum absolute atomic E-state index is 13.2. The second-order valence-corrected chi connectivity index (χ2v) is 8.81. The summed E-state index contributed by atoms with van der Waals surface area (Å²) < 4.78 is 18.7. The minimum atomic E-state index is -1.76. The van der Waals surface area contributed by atoms with Crippen LogP contribution < -0.4 is 5.19 Å². The van der Waals surface area contributed by atoms with E-state index in [1.165, 1.54) is 11.3 Å². The van der Waals surface area contributed by atoms with Crippen LogP contribution in [-0.2, 0) is 4.43 Å². The zero-order valence-electron chi connectivity index (χ0n) is 10.9. The summed E-state index contributed by atoms with van der Waals surface area (Å²) in [7, 11) is -0.00559. The molecule has 3 heteroatoms. The molecular formula is C15H17FOSi. The van der Waals surface area contributed by atoms with E-state index in [4.69, 9.17) is 4.43 Å². The molecule has 0 spiro atoms. The van der Waals surface area contributed by atoms with E-state index in [2.05, 4.69) is 25.2 Å². The normalized spacial score (nSPS) is 11.6. The first-order chi connectivity index (χ1) is 8.53. The molecule has 0 radical (unpaired) electrons. The second kappa shape index (κ2) is 5.04. The number of hydrogen-bond acceptors (Lipinski definition) is 1. The van der Waals surface area contributed by atoms with Crippen molar-refractivity contribution in [1.29, 1.82) is 0 Å². The number of rotatable bonds is 3. The Labute approximate surface area is 108 Å². The number of hydrogen-bond donors (Lipinski definition) is 0. The SMILES string of the molecule is CO[Si](C)(C)c1ccc(-c2cccc(F)c2)cc1. The standard InChI is InChI=1S/C15H17FOSi/c1-17-18(2,3)15-9-7-12(8-10-15)13-5-4-6-14(16)11-13/h4-11H,1-3H3. The summed E-state index contributed by atoms with van der Waals surface area (Å²) in [6, 6.07) is 14.9. The lowest BCUT2D eigenvalue weighted by molar-refractivity contribution is 0.416. The quantitative estimate of drug-likeness (QED) is 0.767. The van der Waals surface area contributed by atoms with Gasteiger partial charge in [-0.1, -0.05) is 36.4 Å². The zero-order chi connectivity index (χ0) is 13.2. The Morgan fingerprint density at radius 1 is 0.944 bits per heavy atom. The van der Waals surface area contributed by atoms with E-state index < -0.39 is 8.32 Å². The summed E-state index contributed by atoms with van der Waals surface area (Å²) in [5, 5.41) is 1.24. The molecule has 2 aromatic rings. The molecule has 0 saturated heterocycles. The fraction of sp³-hybridized carbons (Fsp3) is 0.200. The van der Waals surface area contributed by atoms with Gasteiger partial charge in [0.15, 0.2) is 0 Å². The Morgan fingerprint density at radius 3 is 2.17 bits per heavy atom. The van der Waals surface area contributed by atoms with E-state index >= 15 is 0 Å². The minimum Gasteiger partial charge on any atom is -0.416 e. The Bertz CT molecular complexity index is 534. The summed E-state index contributed by atoms with van der Waals surface area (Å²) >= 11 is 0. The molecule has 18 heavy (non-hydrogen) atoms. The van der Waals surface area contributed by atoms with Crippen molar-refractivity contribution in [2.45, 2.75) is 13.1 Å². The van der Waals surface area contributed by atoms with Crippen molar-refractivity contribution >= 4 is 13.5 Å². The molecule has 2 aromatic carbocycles. The van der Waals surface area contributed by atoms with Crippen LogP contribution in [0.4, 0.5) is 4.39 Å². The fourth-order valence-corrected chi connectivity index (χ4v) is 3.06. The van der Waals surface area contributed by atoms with Crippen LogP contribution in [0.1, 0.15) is 0 Å². The molecule has 0 amide bonds. The van der Waals surface area contributed by atoms with Gasteiger partial charge in [0, 0.05) is 7.11 Å². The molecule has 94 valence electrons. The highest BCUT2D eigenvalue weighted by Crippen LogP contribution is 2.19. The molecule has 0 aliphatic carbocycles. The largest absolute Gasteiger partial charge is 0.416 e. The lowest BCUT2D eigenvalue weighted by atomic mass is 10.1. The van der Waals surface area contributed by atoms with Gasteiger partial charge >= 0.3 is 0 Å². The van der Waals surface area contributed by atoms with Crippen LogP contribution in [-0.4, -0.2) is 15.4 Å². The van der Waals surface area contributed by atoms with Crippen LogP contribution in [0.25, 0.3) is 11.1 Å². The average molecular weight is 260 g/mol. The van der Waals surface area contributed by atoms with Crippen molar-refractivity contribution in [3.63, 3.8) is 0 Å². The van der Waals surface area contributed by atoms with Gasteiger partial charge in [0.05, 0.1) is 0 Å². The van der Waals surface area contributed by atoms with Gasteiger partial charge in [-0.15, -0.1) is 0 Å². The van der Waals surface area contributed by atoms with Gasteiger partial charge < -0.3 is 4.43 Å². The summed E-state index contributed by atoms with van der Waals surface area (Å²) in [4.78, 5) is 0. The van der Waals surface area contributed by atoms with E-state index in [0.29, 0.717) is 0 Å². The third-order valence-electron chi connectivity index (χ3n) is 3.25. The minimum absolute atomic E-state index is 0.205. The van der Waals surface area contributed by atoms with Gasteiger partial charge in [0.25, 0.3) is 0 Å². The highest BCUT2D eigenvalue weighted by molar-refractivity contribution is 6.84. The molecule has 0 atom stereocenters. The first kappa shape index (κ1) is 13.0. The lowest BCUT2D eigenvalue weighted by Gasteiger charge is -2.20. The average Bonchev–Trinajstić information content (AvgIpc) is 2.39. The van der Waals surface area contributed by atoms with Gasteiger partial charge in [-0.05, 0) is 41.5 Å². The fourth-order valence-electron chi connectivity index (χ4n) is 1.85. The van der Waals surface area contributed by atoms with E-state index in [9.17, 15) is 4.39 Å². The van der Waals surface area contributed by atoms with Crippen LogP contribution in [0.3, 0.4) is 0 Å². The summed E-state index contributed by atoms with van der Waals surface area (Å²) in [5.74, 6) is -0.205. The van der Waals surface area contributed by atoms with Gasteiger partial charge in [0.2, 0.25) is 8.32 Å². The maximum atomic E-state index is 13.2.